The number of fused-ring (bicyclic) bond motifs is 1. The molecule has 0 bridgehead atoms. The van der Waals surface area contributed by atoms with Crippen molar-refractivity contribution in [2.24, 2.45) is 0 Å². The van der Waals surface area contributed by atoms with E-state index in [9.17, 15) is 4.79 Å². The molecule has 0 saturated heterocycles. The normalized spacial score (nSPS) is 17.6. The number of aryl methyl sites for hydroxylation is 1. The van der Waals surface area contributed by atoms with Gasteiger partial charge < -0.3 is 14.4 Å². The number of carbonyl (C=O) groups is 1. The molecule has 4 heteroatoms. The maximum absolute atomic E-state index is 12.5. The molecule has 0 N–H and O–H groups in total. The quantitative estimate of drug-likeness (QED) is 0.760. The van der Waals surface area contributed by atoms with Crippen molar-refractivity contribution in [2.45, 2.75) is 25.0 Å². The number of hydrogen-bond acceptors (Lipinski definition) is 3. The van der Waals surface area contributed by atoms with E-state index in [0.29, 0.717) is 6.54 Å². The lowest BCUT2D eigenvalue weighted by atomic mass is 10.00. The van der Waals surface area contributed by atoms with Gasteiger partial charge in [0.2, 0.25) is 5.91 Å². The van der Waals surface area contributed by atoms with Crippen LogP contribution in [0.1, 0.15) is 23.5 Å². The molecule has 1 unspecified atom stereocenters. The molecular formula is C15H21NO3. The topological polar surface area (TPSA) is 38.8 Å². The number of ether oxygens (including phenoxy) is 2. The van der Waals surface area contributed by atoms with Crippen LogP contribution in [0.5, 0.6) is 0 Å². The highest BCUT2D eigenvalue weighted by Gasteiger charge is 2.30. The number of amides is 1. The Morgan fingerprint density at radius 3 is 2.74 bits per heavy atom. The van der Waals surface area contributed by atoms with Gasteiger partial charge in [-0.25, -0.2) is 0 Å². The monoisotopic (exact) mass is 263 g/mol. The third-order valence-electron chi connectivity index (χ3n) is 3.76. The van der Waals surface area contributed by atoms with Crippen LogP contribution < -0.4 is 0 Å². The number of nitrogens with zero attached hydrogens (tertiary/aromatic N) is 1. The highest BCUT2D eigenvalue weighted by atomic mass is 16.7. The summed E-state index contributed by atoms with van der Waals surface area (Å²) in [5.74, 6) is 0.125. The summed E-state index contributed by atoms with van der Waals surface area (Å²) in [4.78, 5) is 14.2. The first-order chi connectivity index (χ1) is 9.17. The molecule has 0 spiro atoms. The van der Waals surface area contributed by atoms with Crippen molar-refractivity contribution in [3.63, 3.8) is 0 Å². The number of methoxy groups -OCH3 is 2. The predicted octanol–water partition coefficient (Wildman–Crippen LogP) is 1.79. The van der Waals surface area contributed by atoms with Crippen LogP contribution in [0, 0.1) is 0 Å². The second kappa shape index (κ2) is 6.17. The third-order valence-corrected chi connectivity index (χ3v) is 3.76. The van der Waals surface area contributed by atoms with E-state index in [0.717, 1.165) is 12.8 Å². The predicted molar refractivity (Wildman–Crippen MR) is 72.9 cm³/mol. The van der Waals surface area contributed by atoms with Crippen LogP contribution in [-0.2, 0) is 20.7 Å². The van der Waals surface area contributed by atoms with Crippen LogP contribution in [0.4, 0.5) is 0 Å². The Morgan fingerprint density at radius 2 is 2.05 bits per heavy atom. The molecule has 1 amide bonds. The van der Waals surface area contributed by atoms with Gasteiger partial charge >= 0.3 is 0 Å². The van der Waals surface area contributed by atoms with Crippen molar-refractivity contribution < 1.29 is 14.3 Å². The van der Waals surface area contributed by atoms with Crippen LogP contribution in [-0.4, -0.2) is 44.9 Å². The minimum Gasteiger partial charge on any atom is -0.354 e. The number of benzene rings is 1. The summed E-state index contributed by atoms with van der Waals surface area (Å²) in [6.07, 6.45) is 1.51. The molecule has 0 saturated carbocycles. The highest BCUT2D eigenvalue weighted by molar-refractivity contribution is 5.84. The number of rotatable bonds is 5. The minimum absolute atomic E-state index is 0.0180. The molecule has 0 aromatic heterocycles. The van der Waals surface area contributed by atoms with E-state index in [1.807, 2.05) is 12.1 Å². The summed E-state index contributed by atoms with van der Waals surface area (Å²) in [5.41, 5.74) is 2.47. The first-order valence-corrected chi connectivity index (χ1v) is 6.55. The van der Waals surface area contributed by atoms with Gasteiger partial charge in [0, 0.05) is 21.3 Å². The Kier molecular flexibility index (Phi) is 4.56. The minimum atomic E-state index is -0.370. The number of hydrogen-bond donors (Lipinski definition) is 0. The Balaban J connectivity index is 2.05. The summed E-state index contributed by atoms with van der Waals surface area (Å²) in [7, 11) is 4.96. The second-order valence-corrected chi connectivity index (χ2v) is 4.91. The fourth-order valence-electron chi connectivity index (χ4n) is 2.64. The van der Waals surface area contributed by atoms with E-state index in [1.165, 1.54) is 11.1 Å². The van der Waals surface area contributed by atoms with Gasteiger partial charge in [-0.3, -0.25) is 4.79 Å². The van der Waals surface area contributed by atoms with Crippen LogP contribution in [0.3, 0.4) is 0 Å². The van der Waals surface area contributed by atoms with Crippen molar-refractivity contribution >= 4 is 5.91 Å². The summed E-state index contributed by atoms with van der Waals surface area (Å²) in [5, 5.41) is 0. The van der Waals surface area contributed by atoms with Gasteiger partial charge in [-0.1, -0.05) is 24.3 Å². The van der Waals surface area contributed by atoms with Gasteiger partial charge in [-0.05, 0) is 24.0 Å². The lowest BCUT2D eigenvalue weighted by molar-refractivity contribution is -0.144. The fraction of sp³-hybridized carbons (Fsp3) is 0.533. The Bertz CT molecular complexity index is 443. The molecule has 2 rings (SSSR count). The molecular weight excluding hydrogens is 242 g/mol. The number of carbonyl (C=O) groups excluding carboxylic acids is 1. The standard InChI is InChI=1S/C15H21NO3/c1-16(10-14(18-2)19-3)15(17)13-9-8-11-6-4-5-7-12(11)13/h4-7,13-14H,8-10H2,1-3H3. The molecule has 1 aromatic rings. The SMILES string of the molecule is COC(CN(C)C(=O)C1CCc2ccccc21)OC. The van der Waals surface area contributed by atoms with Crippen LogP contribution in [0.25, 0.3) is 0 Å². The summed E-state index contributed by atoms with van der Waals surface area (Å²) < 4.78 is 10.3. The van der Waals surface area contributed by atoms with Crippen molar-refractivity contribution in [1.82, 2.24) is 4.90 Å². The summed E-state index contributed by atoms with van der Waals surface area (Å²) in [6.45, 7) is 0.449. The Morgan fingerprint density at radius 1 is 1.37 bits per heavy atom. The number of likely N-dealkylation sites (N-methyl/N-ethyl adjacent to an activating group) is 1. The molecule has 0 fully saturated rings. The van der Waals surface area contributed by atoms with E-state index in [2.05, 4.69) is 12.1 Å². The lowest BCUT2D eigenvalue weighted by Gasteiger charge is -2.25. The third kappa shape index (κ3) is 2.96. The van der Waals surface area contributed by atoms with Crippen molar-refractivity contribution in [3.05, 3.63) is 35.4 Å². The zero-order valence-electron chi connectivity index (χ0n) is 11.8. The van der Waals surface area contributed by atoms with Gasteiger partial charge in [0.1, 0.15) is 0 Å². The molecule has 0 heterocycles. The van der Waals surface area contributed by atoms with Crippen molar-refractivity contribution in [3.8, 4) is 0 Å². The van der Waals surface area contributed by atoms with Crippen molar-refractivity contribution in [1.29, 1.82) is 0 Å². The molecule has 0 aliphatic heterocycles. The van der Waals surface area contributed by atoms with Gasteiger partial charge in [-0.2, -0.15) is 0 Å². The molecule has 104 valence electrons. The maximum atomic E-state index is 12.5. The average Bonchev–Trinajstić information content (AvgIpc) is 2.87. The molecule has 1 atom stereocenters. The summed E-state index contributed by atoms with van der Waals surface area (Å²) in [6, 6.07) is 8.19. The van der Waals surface area contributed by atoms with Gasteiger partial charge in [0.25, 0.3) is 0 Å². The van der Waals surface area contributed by atoms with Crippen LogP contribution >= 0.6 is 0 Å². The zero-order chi connectivity index (χ0) is 13.8. The highest BCUT2D eigenvalue weighted by Crippen LogP contribution is 2.33. The average molecular weight is 263 g/mol. The van der Waals surface area contributed by atoms with E-state index in [1.54, 1.807) is 26.2 Å². The van der Waals surface area contributed by atoms with E-state index >= 15 is 0 Å². The second-order valence-electron chi connectivity index (χ2n) is 4.91. The van der Waals surface area contributed by atoms with Gasteiger partial charge in [-0.15, -0.1) is 0 Å². The van der Waals surface area contributed by atoms with E-state index in [4.69, 9.17) is 9.47 Å². The Labute approximate surface area is 114 Å². The molecule has 1 aliphatic carbocycles. The summed E-state index contributed by atoms with van der Waals surface area (Å²) >= 11 is 0. The lowest BCUT2D eigenvalue weighted by Crippen LogP contribution is -2.38. The van der Waals surface area contributed by atoms with Crippen molar-refractivity contribution in [2.75, 3.05) is 27.8 Å². The maximum Gasteiger partial charge on any atom is 0.230 e. The zero-order valence-corrected chi connectivity index (χ0v) is 11.8. The Hall–Kier alpha value is -1.39. The van der Waals surface area contributed by atoms with Crippen LogP contribution in [0.15, 0.2) is 24.3 Å². The van der Waals surface area contributed by atoms with Crippen LogP contribution in [0.2, 0.25) is 0 Å². The molecule has 19 heavy (non-hydrogen) atoms. The fourth-order valence-corrected chi connectivity index (χ4v) is 2.64. The smallest absolute Gasteiger partial charge is 0.230 e. The van der Waals surface area contributed by atoms with Gasteiger partial charge in [0.15, 0.2) is 6.29 Å². The largest absolute Gasteiger partial charge is 0.354 e. The molecule has 4 nitrogen and oxygen atoms in total. The molecule has 1 aromatic carbocycles. The molecule has 0 radical (unpaired) electrons. The van der Waals surface area contributed by atoms with E-state index in [-0.39, 0.29) is 18.1 Å². The van der Waals surface area contributed by atoms with E-state index < -0.39 is 0 Å². The van der Waals surface area contributed by atoms with Gasteiger partial charge in [0.05, 0.1) is 12.5 Å². The first-order valence-electron chi connectivity index (χ1n) is 6.55. The molecule has 1 aliphatic rings. The first kappa shape index (κ1) is 14.0.